The van der Waals surface area contributed by atoms with Gasteiger partial charge in [-0.15, -0.1) is 0 Å². The lowest BCUT2D eigenvalue weighted by Gasteiger charge is -2.25. The highest BCUT2D eigenvalue weighted by Gasteiger charge is 2.14. The van der Waals surface area contributed by atoms with Crippen molar-refractivity contribution in [3.8, 4) is 0 Å². The molecule has 22 heavy (non-hydrogen) atoms. The van der Waals surface area contributed by atoms with E-state index in [4.69, 9.17) is 4.74 Å². The highest BCUT2D eigenvalue weighted by atomic mass is 16.5. The Bertz CT molecular complexity index is 460. The minimum Gasteiger partial charge on any atom is -0.370 e. The molecule has 0 radical (unpaired) electrons. The average molecular weight is 306 g/mol. The van der Waals surface area contributed by atoms with E-state index in [1.54, 1.807) is 6.92 Å². The Morgan fingerprint density at radius 2 is 1.95 bits per heavy atom. The lowest BCUT2D eigenvalue weighted by Crippen LogP contribution is -2.40. The van der Waals surface area contributed by atoms with E-state index >= 15 is 0 Å². The van der Waals surface area contributed by atoms with Gasteiger partial charge in [0.2, 0.25) is 5.91 Å². The molecule has 0 saturated heterocycles. The topological polar surface area (TPSA) is 41.6 Å². The molecule has 0 saturated carbocycles. The third-order valence-electron chi connectivity index (χ3n) is 3.57. The molecule has 0 spiro atoms. The molecule has 0 unspecified atom stereocenters. The Kier molecular flexibility index (Phi) is 7.96. The van der Waals surface area contributed by atoms with Crippen LogP contribution in [0.15, 0.2) is 24.3 Å². The maximum Gasteiger partial charge on any atom is 0.248 e. The maximum atomic E-state index is 12.0. The second-order valence-electron chi connectivity index (χ2n) is 6.03. The highest BCUT2D eigenvalue weighted by Crippen LogP contribution is 2.18. The normalized spacial score (nSPS) is 12.3. The number of rotatable bonds is 9. The van der Waals surface area contributed by atoms with Crippen molar-refractivity contribution in [3.63, 3.8) is 0 Å². The molecule has 1 aromatic carbocycles. The van der Waals surface area contributed by atoms with Crippen LogP contribution in [0.4, 0.5) is 5.69 Å². The summed E-state index contributed by atoms with van der Waals surface area (Å²) in [7, 11) is 0. The Morgan fingerprint density at radius 1 is 1.27 bits per heavy atom. The Labute approximate surface area is 134 Å². The summed E-state index contributed by atoms with van der Waals surface area (Å²) in [6, 6.07) is 8.32. The molecule has 1 amide bonds. The number of amides is 1. The number of benzene rings is 1. The van der Waals surface area contributed by atoms with Crippen molar-refractivity contribution in [1.82, 2.24) is 5.32 Å². The van der Waals surface area contributed by atoms with E-state index in [2.05, 4.69) is 50.0 Å². The van der Waals surface area contributed by atoms with Gasteiger partial charge < -0.3 is 15.0 Å². The van der Waals surface area contributed by atoms with Crippen LogP contribution < -0.4 is 10.2 Å². The van der Waals surface area contributed by atoms with E-state index < -0.39 is 6.10 Å². The smallest absolute Gasteiger partial charge is 0.248 e. The number of hydrogen-bond donors (Lipinski definition) is 1. The van der Waals surface area contributed by atoms with Gasteiger partial charge in [0, 0.05) is 31.9 Å². The predicted octanol–water partition coefficient (Wildman–Crippen LogP) is 3.00. The summed E-state index contributed by atoms with van der Waals surface area (Å²) in [5, 5.41) is 2.95. The van der Waals surface area contributed by atoms with E-state index in [1.165, 1.54) is 11.3 Å². The Hall–Kier alpha value is -1.55. The first-order valence-electron chi connectivity index (χ1n) is 8.15. The largest absolute Gasteiger partial charge is 0.370 e. The molecule has 0 bridgehead atoms. The number of hydrogen-bond acceptors (Lipinski definition) is 3. The molecule has 4 nitrogen and oxygen atoms in total. The van der Waals surface area contributed by atoms with Gasteiger partial charge in [0.05, 0.1) is 0 Å². The van der Waals surface area contributed by atoms with E-state index in [9.17, 15) is 4.79 Å². The summed E-state index contributed by atoms with van der Waals surface area (Å²) < 4.78 is 5.53. The molecule has 0 aliphatic rings. The average Bonchev–Trinajstić information content (AvgIpc) is 2.50. The number of likely N-dealkylation sites (N-methyl/N-ethyl adjacent to an activating group) is 1. The van der Waals surface area contributed by atoms with E-state index in [1.807, 2.05) is 12.1 Å². The van der Waals surface area contributed by atoms with Crippen molar-refractivity contribution in [1.29, 1.82) is 0 Å². The minimum atomic E-state index is -0.393. The van der Waals surface area contributed by atoms with Crippen LogP contribution in [0.25, 0.3) is 0 Å². The molecule has 124 valence electrons. The van der Waals surface area contributed by atoms with Crippen molar-refractivity contribution in [2.45, 2.75) is 40.7 Å². The predicted molar refractivity (Wildman–Crippen MR) is 92.3 cm³/mol. The van der Waals surface area contributed by atoms with Gasteiger partial charge in [-0.1, -0.05) is 32.0 Å². The number of anilines is 1. The molecule has 4 heteroatoms. The van der Waals surface area contributed by atoms with Crippen molar-refractivity contribution < 1.29 is 9.53 Å². The van der Waals surface area contributed by atoms with Gasteiger partial charge in [-0.3, -0.25) is 4.79 Å². The zero-order valence-electron chi connectivity index (χ0n) is 14.6. The fourth-order valence-electron chi connectivity index (χ4n) is 2.24. The van der Waals surface area contributed by atoms with Crippen LogP contribution in [0, 0.1) is 12.8 Å². The highest BCUT2D eigenvalue weighted by molar-refractivity contribution is 5.80. The van der Waals surface area contributed by atoms with Crippen LogP contribution in [0.5, 0.6) is 0 Å². The molecule has 1 atom stereocenters. The quantitative estimate of drug-likeness (QED) is 0.762. The van der Waals surface area contributed by atoms with Gasteiger partial charge in [0.15, 0.2) is 0 Å². The van der Waals surface area contributed by atoms with Gasteiger partial charge in [0.1, 0.15) is 6.10 Å². The zero-order valence-corrected chi connectivity index (χ0v) is 14.6. The molecule has 0 aromatic heterocycles. The van der Waals surface area contributed by atoms with Gasteiger partial charge in [-0.2, -0.15) is 0 Å². The Morgan fingerprint density at radius 3 is 2.55 bits per heavy atom. The Balaban J connectivity index is 2.41. The number of para-hydroxylation sites is 1. The minimum absolute atomic E-state index is 0.0403. The van der Waals surface area contributed by atoms with E-state index in [0.717, 1.165) is 13.1 Å². The number of carbonyl (C=O) groups is 1. The van der Waals surface area contributed by atoms with E-state index in [-0.39, 0.29) is 5.91 Å². The van der Waals surface area contributed by atoms with Crippen LogP contribution in [-0.4, -0.2) is 38.3 Å². The van der Waals surface area contributed by atoms with Gasteiger partial charge in [-0.05, 0) is 38.3 Å². The molecule has 0 heterocycles. The zero-order chi connectivity index (χ0) is 16.5. The number of carbonyl (C=O) groups excluding carboxylic acids is 1. The second kappa shape index (κ2) is 9.46. The summed E-state index contributed by atoms with van der Waals surface area (Å²) in [5.41, 5.74) is 2.48. The monoisotopic (exact) mass is 306 g/mol. The third-order valence-corrected chi connectivity index (χ3v) is 3.57. The van der Waals surface area contributed by atoms with Crippen LogP contribution in [0.2, 0.25) is 0 Å². The molecule has 1 rings (SSSR count). The first-order valence-corrected chi connectivity index (χ1v) is 8.15. The lowest BCUT2D eigenvalue weighted by molar-refractivity contribution is -0.132. The number of nitrogens with one attached hydrogen (secondary N) is 1. The molecule has 0 fully saturated rings. The van der Waals surface area contributed by atoms with Crippen LogP contribution in [-0.2, 0) is 9.53 Å². The summed E-state index contributed by atoms with van der Waals surface area (Å²) in [6.07, 6.45) is -0.393. The molecule has 1 N–H and O–H groups in total. The SMILES string of the molecule is CCN(CCNC(=O)[C@@H](C)OCC(C)C)c1ccccc1C. The molecule has 0 aliphatic carbocycles. The van der Waals surface area contributed by atoms with Crippen LogP contribution in [0.1, 0.15) is 33.3 Å². The van der Waals surface area contributed by atoms with Gasteiger partial charge in [-0.25, -0.2) is 0 Å². The number of nitrogens with zero attached hydrogens (tertiary/aromatic N) is 1. The number of aryl methyl sites for hydroxylation is 1. The molecule has 0 aliphatic heterocycles. The summed E-state index contributed by atoms with van der Waals surface area (Å²) in [5.74, 6) is 0.397. The fourth-order valence-corrected chi connectivity index (χ4v) is 2.24. The molecular formula is C18H30N2O2. The van der Waals surface area contributed by atoms with Crippen molar-refractivity contribution in [2.75, 3.05) is 31.1 Å². The van der Waals surface area contributed by atoms with Gasteiger partial charge in [0.25, 0.3) is 0 Å². The van der Waals surface area contributed by atoms with Crippen molar-refractivity contribution in [3.05, 3.63) is 29.8 Å². The fraction of sp³-hybridized carbons (Fsp3) is 0.611. The first-order chi connectivity index (χ1) is 10.5. The standard InChI is InChI=1S/C18H30N2O2/c1-6-20(17-10-8-7-9-15(17)4)12-11-19-18(21)16(5)22-13-14(2)3/h7-10,14,16H,6,11-13H2,1-5H3,(H,19,21)/t16-/m1/s1. The molecule has 1 aromatic rings. The van der Waals surface area contributed by atoms with E-state index in [0.29, 0.717) is 19.1 Å². The molecular weight excluding hydrogens is 276 g/mol. The lowest BCUT2D eigenvalue weighted by atomic mass is 10.2. The van der Waals surface area contributed by atoms with Gasteiger partial charge >= 0.3 is 0 Å². The summed E-state index contributed by atoms with van der Waals surface area (Å²) >= 11 is 0. The van der Waals surface area contributed by atoms with Crippen molar-refractivity contribution in [2.24, 2.45) is 5.92 Å². The third kappa shape index (κ3) is 6.06. The van der Waals surface area contributed by atoms with Crippen LogP contribution >= 0.6 is 0 Å². The summed E-state index contributed by atoms with van der Waals surface area (Å²) in [6.45, 7) is 13.1. The van der Waals surface area contributed by atoms with Crippen molar-refractivity contribution >= 4 is 11.6 Å². The summed E-state index contributed by atoms with van der Waals surface area (Å²) in [4.78, 5) is 14.2. The first kappa shape index (κ1) is 18.5. The maximum absolute atomic E-state index is 12.0. The number of ether oxygens (including phenoxy) is 1. The van der Waals surface area contributed by atoms with Crippen LogP contribution in [0.3, 0.4) is 0 Å². The second-order valence-corrected chi connectivity index (χ2v) is 6.03.